The van der Waals surface area contributed by atoms with Crippen LogP contribution in [-0.2, 0) is 0 Å². The van der Waals surface area contributed by atoms with Crippen molar-refractivity contribution in [3.8, 4) is 0 Å². The minimum Gasteiger partial charge on any atom is -0.372 e. The third-order valence-corrected chi connectivity index (χ3v) is 4.57. The molecular weight excluding hydrogens is 336 g/mol. The fourth-order valence-corrected chi connectivity index (χ4v) is 3.16. The van der Waals surface area contributed by atoms with Gasteiger partial charge in [0, 0.05) is 49.3 Å². The largest absolute Gasteiger partial charge is 0.372 e. The van der Waals surface area contributed by atoms with E-state index in [-0.39, 0.29) is 5.91 Å². The number of amides is 1. The smallest absolute Gasteiger partial charge is 0.255 e. The summed E-state index contributed by atoms with van der Waals surface area (Å²) in [5.74, 6) is 0.755. The number of hydrogen-bond acceptors (Lipinski definition) is 4. The van der Waals surface area contributed by atoms with Crippen molar-refractivity contribution in [1.29, 1.82) is 0 Å². The number of carbonyl (C=O) groups is 1. The molecule has 27 heavy (non-hydrogen) atoms. The summed E-state index contributed by atoms with van der Waals surface area (Å²) < 4.78 is 0. The molecule has 1 aromatic carbocycles. The monoisotopic (exact) mass is 368 g/mol. The third kappa shape index (κ3) is 5.71. The van der Waals surface area contributed by atoms with Gasteiger partial charge in [0.1, 0.15) is 5.82 Å². The number of rotatable bonds is 10. The molecule has 5 nitrogen and oxygen atoms in total. The molecule has 0 unspecified atom stereocenters. The van der Waals surface area contributed by atoms with Crippen molar-refractivity contribution in [2.24, 2.45) is 0 Å². The molecule has 0 radical (unpaired) electrons. The summed E-state index contributed by atoms with van der Waals surface area (Å²) >= 11 is 0. The van der Waals surface area contributed by atoms with E-state index in [1.165, 1.54) is 5.69 Å². The molecule has 5 heteroatoms. The molecule has 1 heterocycles. The van der Waals surface area contributed by atoms with Crippen LogP contribution in [0.2, 0.25) is 0 Å². The third-order valence-electron chi connectivity index (χ3n) is 4.57. The molecule has 2 rings (SSSR count). The maximum atomic E-state index is 12.7. The van der Waals surface area contributed by atoms with Crippen molar-refractivity contribution in [2.45, 2.75) is 40.5 Å². The van der Waals surface area contributed by atoms with Gasteiger partial charge in [-0.05, 0) is 63.1 Å². The van der Waals surface area contributed by atoms with Gasteiger partial charge in [0.2, 0.25) is 0 Å². The Kier molecular flexibility index (Phi) is 8.11. The van der Waals surface area contributed by atoms with Crippen molar-refractivity contribution < 1.29 is 4.79 Å². The van der Waals surface area contributed by atoms with Crippen molar-refractivity contribution >= 4 is 23.1 Å². The highest BCUT2D eigenvalue weighted by Crippen LogP contribution is 2.19. The van der Waals surface area contributed by atoms with Crippen LogP contribution in [0, 0.1) is 0 Å². The lowest BCUT2D eigenvalue weighted by Crippen LogP contribution is -2.26. The molecule has 1 amide bonds. The van der Waals surface area contributed by atoms with E-state index in [9.17, 15) is 4.79 Å². The molecular formula is C22H32N4O. The van der Waals surface area contributed by atoms with E-state index in [0.717, 1.165) is 50.5 Å². The average molecular weight is 369 g/mol. The van der Waals surface area contributed by atoms with Crippen LogP contribution >= 0.6 is 0 Å². The van der Waals surface area contributed by atoms with Gasteiger partial charge in [-0.3, -0.25) is 4.79 Å². The Morgan fingerprint density at radius 3 is 2.11 bits per heavy atom. The highest BCUT2D eigenvalue weighted by molar-refractivity contribution is 6.04. The van der Waals surface area contributed by atoms with Gasteiger partial charge < -0.3 is 15.1 Å². The van der Waals surface area contributed by atoms with E-state index in [2.05, 4.69) is 47.8 Å². The number of benzene rings is 1. The Balaban J connectivity index is 2.10. The highest BCUT2D eigenvalue weighted by atomic mass is 16.1. The zero-order chi connectivity index (χ0) is 19.6. The minimum atomic E-state index is -0.109. The number of nitrogens with zero attached hydrogens (tertiary/aromatic N) is 3. The SMILES string of the molecule is CCCN(CCC)c1cc(C(=O)Nc2ccc(N(CC)CC)cc2)ccn1. The van der Waals surface area contributed by atoms with Crippen molar-refractivity contribution in [1.82, 2.24) is 4.98 Å². The number of nitrogens with one attached hydrogen (secondary N) is 1. The van der Waals surface area contributed by atoms with E-state index < -0.39 is 0 Å². The molecule has 146 valence electrons. The van der Waals surface area contributed by atoms with E-state index in [0.29, 0.717) is 5.56 Å². The first-order valence-corrected chi connectivity index (χ1v) is 10.00. The molecule has 1 aromatic heterocycles. The standard InChI is InChI=1S/C22H32N4O/c1-5-15-26(16-6-2)21-17-18(13-14-23-21)22(27)24-19-9-11-20(12-10-19)25(7-3)8-4/h9-14,17H,5-8,15-16H2,1-4H3,(H,24,27). The second kappa shape index (κ2) is 10.6. The van der Waals surface area contributed by atoms with Gasteiger partial charge in [-0.15, -0.1) is 0 Å². The molecule has 0 bridgehead atoms. The molecule has 0 saturated carbocycles. The van der Waals surface area contributed by atoms with Gasteiger partial charge in [0.25, 0.3) is 5.91 Å². The van der Waals surface area contributed by atoms with E-state index >= 15 is 0 Å². The molecule has 1 N–H and O–H groups in total. The summed E-state index contributed by atoms with van der Waals surface area (Å²) in [5.41, 5.74) is 2.59. The second-order valence-electron chi connectivity index (χ2n) is 6.56. The van der Waals surface area contributed by atoms with Gasteiger partial charge >= 0.3 is 0 Å². The number of hydrogen-bond donors (Lipinski definition) is 1. The molecule has 0 aliphatic carbocycles. The van der Waals surface area contributed by atoms with Crippen LogP contribution in [0.1, 0.15) is 50.9 Å². The Morgan fingerprint density at radius 2 is 1.56 bits per heavy atom. The fourth-order valence-electron chi connectivity index (χ4n) is 3.16. The van der Waals surface area contributed by atoms with E-state index in [1.807, 2.05) is 30.3 Å². The topological polar surface area (TPSA) is 48.5 Å². The average Bonchev–Trinajstić information content (AvgIpc) is 2.70. The maximum Gasteiger partial charge on any atom is 0.255 e. The minimum absolute atomic E-state index is 0.109. The van der Waals surface area contributed by atoms with Gasteiger partial charge in [0.15, 0.2) is 0 Å². The number of pyridine rings is 1. The first-order chi connectivity index (χ1) is 13.1. The second-order valence-corrected chi connectivity index (χ2v) is 6.56. The lowest BCUT2D eigenvalue weighted by Gasteiger charge is -2.23. The summed E-state index contributed by atoms with van der Waals surface area (Å²) in [4.78, 5) is 21.6. The van der Waals surface area contributed by atoms with Crippen LogP contribution in [0.3, 0.4) is 0 Å². The van der Waals surface area contributed by atoms with Gasteiger partial charge in [-0.25, -0.2) is 4.98 Å². The molecule has 0 atom stereocenters. The molecule has 0 spiro atoms. The lowest BCUT2D eigenvalue weighted by molar-refractivity contribution is 0.102. The molecule has 0 aliphatic heterocycles. The molecule has 0 saturated heterocycles. The van der Waals surface area contributed by atoms with Crippen molar-refractivity contribution in [3.05, 3.63) is 48.2 Å². The van der Waals surface area contributed by atoms with Gasteiger partial charge in [-0.1, -0.05) is 13.8 Å². The van der Waals surface area contributed by atoms with Crippen LogP contribution in [0.5, 0.6) is 0 Å². The van der Waals surface area contributed by atoms with Crippen LogP contribution in [0.15, 0.2) is 42.6 Å². The Morgan fingerprint density at radius 1 is 0.926 bits per heavy atom. The van der Waals surface area contributed by atoms with Crippen LogP contribution in [0.25, 0.3) is 0 Å². The Bertz CT molecular complexity index is 705. The summed E-state index contributed by atoms with van der Waals surface area (Å²) in [6, 6.07) is 11.6. The number of carbonyl (C=O) groups excluding carboxylic acids is 1. The first-order valence-electron chi connectivity index (χ1n) is 10.00. The number of aromatic nitrogens is 1. The number of anilines is 3. The maximum absolute atomic E-state index is 12.7. The zero-order valence-corrected chi connectivity index (χ0v) is 17.0. The Hall–Kier alpha value is -2.56. The Labute approximate surface area is 163 Å². The van der Waals surface area contributed by atoms with Crippen LogP contribution < -0.4 is 15.1 Å². The first kappa shape index (κ1) is 20.7. The van der Waals surface area contributed by atoms with E-state index in [1.54, 1.807) is 12.3 Å². The van der Waals surface area contributed by atoms with Crippen molar-refractivity contribution in [3.63, 3.8) is 0 Å². The molecule has 0 aliphatic rings. The van der Waals surface area contributed by atoms with Crippen LogP contribution in [-0.4, -0.2) is 37.1 Å². The van der Waals surface area contributed by atoms with E-state index in [4.69, 9.17) is 0 Å². The molecule has 0 fully saturated rings. The summed E-state index contributed by atoms with van der Waals surface area (Å²) in [6.45, 7) is 12.4. The predicted octanol–water partition coefficient (Wildman–Crippen LogP) is 4.81. The highest BCUT2D eigenvalue weighted by Gasteiger charge is 2.11. The normalized spacial score (nSPS) is 10.5. The zero-order valence-electron chi connectivity index (χ0n) is 17.0. The summed E-state index contributed by atoms with van der Waals surface area (Å²) in [6.07, 6.45) is 3.82. The van der Waals surface area contributed by atoms with Crippen LogP contribution in [0.4, 0.5) is 17.2 Å². The fraction of sp³-hybridized carbons (Fsp3) is 0.455. The quantitative estimate of drug-likeness (QED) is 0.654. The lowest BCUT2D eigenvalue weighted by atomic mass is 10.2. The molecule has 2 aromatic rings. The van der Waals surface area contributed by atoms with Gasteiger partial charge in [0.05, 0.1) is 0 Å². The predicted molar refractivity (Wildman–Crippen MR) is 115 cm³/mol. The van der Waals surface area contributed by atoms with Crippen molar-refractivity contribution in [2.75, 3.05) is 41.3 Å². The summed E-state index contributed by atoms with van der Waals surface area (Å²) in [5, 5.41) is 2.99. The summed E-state index contributed by atoms with van der Waals surface area (Å²) in [7, 11) is 0. The van der Waals surface area contributed by atoms with Gasteiger partial charge in [-0.2, -0.15) is 0 Å².